The van der Waals surface area contributed by atoms with Crippen molar-refractivity contribution in [3.63, 3.8) is 0 Å². The number of aromatic nitrogens is 1. The second kappa shape index (κ2) is 8.20. The number of benzene rings is 1. The van der Waals surface area contributed by atoms with Crippen LogP contribution in [0.5, 0.6) is 0 Å². The average Bonchev–Trinajstić information content (AvgIpc) is 3.34. The summed E-state index contributed by atoms with van der Waals surface area (Å²) in [5, 5.41) is 17.5. The molecule has 0 fully saturated rings. The molecule has 6 N–H and O–H groups in total. The first kappa shape index (κ1) is 20.8. The van der Waals surface area contributed by atoms with Gasteiger partial charge in [0.25, 0.3) is 0 Å². The molecule has 2 aliphatic carbocycles. The molecule has 0 spiro atoms. The number of hydrogen-bond donors (Lipinski definition) is 4. The third kappa shape index (κ3) is 4.38. The number of rotatable bonds is 3. The summed E-state index contributed by atoms with van der Waals surface area (Å²) >= 11 is 2.52. The maximum atomic E-state index is 11.9. The minimum Gasteiger partial charge on any atom is -0.385 e. The lowest BCUT2D eigenvalue weighted by molar-refractivity contribution is 0.0823. The molecule has 150 valence electrons. The van der Waals surface area contributed by atoms with E-state index in [-0.39, 0.29) is 5.78 Å². The lowest BCUT2D eigenvalue weighted by Gasteiger charge is -2.13. The molecular weight excluding hydrogens is 396 g/mol. The largest absolute Gasteiger partial charge is 0.385 e. The Labute approximate surface area is 172 Å². The highest BCUT2D eigenvalue weighted by atomic mass is 32.2. The van der Waals surface area contributed by atoms with Gasteiger partial charge < -0.3 is 16.2 Å². The van der Waals surface area contributed by atoms with Crippen LogP contribution in [-0.2, 0) is 24.9 Å². The number of aliphatic hydroxyl groups is 1. The Hall–Kier alpha value is -1.94. The first-order valence-corrected chi connectivity index (χ1v) is 10.7. The van der Waals surface area contributed by atoms with Gasteiger partial charge in [0.1, 0.15) is 0 Å². The predicted molar refractivity (Wildman–Crippen MR) is 112 cm³/mol. The summed E-state index contributed by atoms with van der Waals surface area (Å²) in [7, 11) is 0. The number of amides is 2. The van der Waals surface area contributed by atoms with Gasteiger partial charge in [-0.1, -0.05) is 6.07 Å². The Morgan fingerprint density at radius 2 is 2.04 bits per heavy atom. The molecule has 0 radical (unpaired) electrons. The molecule has 7 nitrogen and oxygen atoms in total. The van der Waals surface area contributed by atoms with Gasteiger partial charge in [-0.2, -0.15) is 0 Å². The average molecular weight is 421 g/mol. The van der Waals surface area contributed by atoms with Gasteiger partial charge in [-0.15, -0.1) is 11.3 Å². The highest BCUT2D eigenvalue weighted by molar-refractivity contribution is 7.98. The lowest BCUT2D eigenvalue weighted by Crippen LogP contribution is -2.22. The van der Waals surface area contributed by atoms with Gasteiger partial charge in [-0.3, -0.25) is 9.93 Å². The zero-order valence-electron chi connectivity index (χ0n) is 15.9. The maximum Gasteiger partial charge on any atom is 0.316 e. The molecular formula is C19H24N4O3S2. The number of nitrogens with one attached hydrogen (secondary N) is 1. The molecule has 28 heavy (non-hydrogen) atoms. The third-order valence-corrected chi connectivity index (χ3v) is 6.77. The fourth-order valence-electron chi connectivity index (χ4n) is 3.55. The number of aryl methyl sites for hydroxylation is 2. The van der Waals surface area contributed by atoms with Gasteiger partial charge in [0.2, 0.25) is 0 Å². The first-order chi connectivity index (χ1) is 13.2. The van der Waals surface area contributed by atoms with E-state index in [2.05, 4.69) is 16.4 Å². The smallest absolute Gasteiger partial charge is 0.316 e. The number of ketones is 1. The van der Waals surface area contributed by atoms with Crippen LogP contribution in [0.2, 0.25) is 0 Å². The molecule has 1 heterocycles. The van der Waals surface area contributed by atoms with Crippen molar-refractivity contribution in [3.05, 3.63) is 39.4 Å². The minimum atomic E-state index is -0.800. The summed E-state index contributed by atoms with van der Waals surface area (Å²) in [5.74, 6) is 0.124. The van der Waals surface area contributed by atoms with E-state index in [0.29, 0.717) is 17.7 Å². The van der Waals surface area contributed by atoms with E-state index in [1.807, 2.05) is 0 Å². The van der Waals surface area contributed by atoms with E-state index >= 15 is 0 Å². The molecule has 0 bridgehead atoms. The number of anilines is 1. The zero-order valence-corrected chi connectivity index (χ0v) is 17.5. The number of primary amides is 1. The second-order valence-electron chi connectivity index (χ2n) is 7.36. The number of thiazole rings is 1. The molecule has 0 saturated heterocycles. The normalized spacial score (nSPS) is 14.9. The molecule has 0 saturated carbocycles. The highest BCUT2D eigenvalue weighted by Gasteiger charge is 2.29. The monoisotopic (exact) mass is 420 g/mol. The van der Waals surface area contributed by atoms with Gasteiger partial charge in [0.05, 0.1) is 16.2 Å². The molecule has 2 aliphatic rings. The van der Waals surface area contributed by atoms with Crippen LogP contribution in [0.3, 0.4) is 0 Å². The van der Waals surface area contributed by atoms with Crippen molar-refractivity contribution in [2.45, 2.75) is 55.9 Å². The van der Waals surface area contributed by atoms with Crippen molar-refractivity contribution in [2.24, 2.45) is 10.9 Å². The quantitative estimate of drug-likeness (QED) is 0.564. The number of carbonyl (C=O) groups is 2. The van der Waals surface area contributed by atoms with Crippen LogP contribution < -0.4 is 16.2 Å². The Morgan fingerprint density at radius 3 is 2.61 bits per heavy atom. The Morgan fingerprint density at radius 1 is 1.29 bits per heavy atom. The Kier molecular flexibility index (Phi) is 6.09. The fourth-order valence-corrected chi connectivity index (χ4v) is 4.78. The molecule has 1 aromatic heterocycles. The molecule has 0 atom stereocenters. The van der Waals surface area contributed by atoms with Crippen molar-refractivity contribution in [2.75, 3.05) is 5.32 Å². The van der Waals surface area contributed by atoms with Crippen molar-refractivity contribution in [1.29, 1.82) is 0 Å². The highest BCUT2D eigenvalue weighted by Crippen LogP contribution is 2.38. The Balaban J connectivity index is 0.000000178. The summed E-state index contributed by atoms with van der Waals surface area (Å²) in [6, 6.07) is 1.54. The molecule has 4 rings (SSSR count). The van der Waals surface area contributed by atoms with Crippen LogP contribution >= 0.6 is 23.3 Å². The number of fused-ring (bicyclic) bond motifs is 2. The lowest BCUT2D eigenvalue weighted by atomic mass is 9.98. The van der Waals surface area contributed by atoms with Crippen LogP contribution in [0.1, 0.15) is 58.6 Å². The van der Waals surface area contributed by atoms with Gasteiger partial charge in [-0.05, 0) is 68.2 Å². The standard InChI is InChI=1S/C13H14N2O2.C6H10N2OS2/c14-13(17)15-12-9-3-1-2-7(9)6-8-4-5-10(16)11(8)12;1-6(2,9)4-3-8-5(10-4)11-7/h6H,1-5H2,(H3,14,15,17);3,9H,7H2,1-2H3. The number of urea groups is 1. The predicted octanol–water partition coefficient (Wildman–Crippen LogP) is 3.13. The molecule has 2 aromatic rings. The number of hydrogen-bond acceptors (Lipinski definition) is 7. The van der Waals surface area contributed by atoms with Crippen molar-refractivity contribution < 1.29 is 14.7 Å². The number of Topliss-reactive ketones (excluding diaryl/α,β-unsaturated/α-hetero) is 1. The number of carbonyl (C=O) groups excluding carboxylic acids is 2. The van der Waals surface area contributed by atoms with Crippen LogP contribution in [0.25, 0.3) is 0 Å². The van der Waals surface area contributed by atoms with Crippen LogP contribution in [-0.4, -0.2) is 21.9 Å². The summed E-state index contributed by atoms with van der Waals surface area (Å²) < 4.78 is 0.780. The van der Waals surface area contributed by atoms with Crippen LogP contribution in [0.15, 0.2) is 16.6 Å². The number of nitrogens with two attached hydrogens (primary N) is 2. The molecule has 9 heteroatoms. The molecule has 2 amide bonds. The summed E-state index contributed by atoms with van der Waals surface area (Å²) in [4.78, 5) is 27.8. The van der Waals surface area contributed by atoms with Gasteiger partial charge in [0.15, 0.2) is 10.1 Å². The summed E-state index contributed by atoms with van der Waals surface area (Å²) in [6.07, 6.45) is 6.02. The fraction of sp³-hybridized carbons (Fsp3) is 0.421. The first-order valence-electron chi connectivity index (χ1n) is 9.03. The van der Waals surface area contributed by atoms with E-state index in [9.17, 15) is 14.7 Å². The van der Waals surface area contributed by atoms with Crippen LogP contribution in [0, 0.1) is 0 Å². The van der Waals surface area contributed by atoms with E-state index in [4.69, 9.17) is 10.9 Å². The summed E-state index contributed by atoms with van der Waals surface area (Å²) in [6.45, 7) is 3.46. The van der Waals surface area contributed by atoms with Crippen molar-refractivity contribution in [1.82, 2.24) is 4.98 Å². The zero-order chi connectivity index (χ0) is 20.5. The van der Waals surface area contributed by atoms with Crippen molar-refractivity contribution in [3.8, 4) is 0 Å². The van der Waals surface area contributed by atoms with Gasteiger partial charge >= 0.3 is 6.03 Å². The van der Waals surface area contributed by atoms with Crippen LogP contribution in [0.4, 0.5) is 10.5 Å². The summed E-state index contributed by atoms with van der Waals surface area (Å²) in [5.41, 5.74) is 9.22. The third-order valence-electron chi connectivity index (χ3n) is 4.82. The van der Waals surface area contributed by atoms with Gasteiger partial charge in [0, 0.05) is 18.2 Å². The van der Waals surface area contributed by atoms with E-state index in [1.165, 1.54) is 16.9 Å². The second-order valence-corrected chi connectivity index (χ2v) is 9.27. The molecule has 1 aromatic carbocycles. The maximum absolute atomic E-state index is 11.9. The topological polar surface area (TPSA) is 131 Å². The molecule has 0 unspecified atom stereocenters. The Bertz CT molecular complexity index is 919. The van der Waals surface area contributed by atoms with Crippen molar-refractivity contribution >= 4 is 40.8 Å². The van der Waals surface area contributed by atoms with E-state index < -0.39 is 11.6 Å². The minimum absolute atomic E-state index is 0.124. The van der Waals surface area contributed by atoms with Gasteiger partial charge in [-0.25, -0.2) is 9.78 Å². The van der Waals surface area contributed by atoms with E-state index in [1.54, 1.807) is 20.0 Å². The number of nitrogens with zero attached hydrogens (tertiary/aromatic N) is 1. The molecule has 0 aliphatic heterocycles. The SMILES string of the molecule is CC(C)(O)c1cnc(SN)s1.NC(=O)Nc1c2c(cc3c1C(=O)CC3)CCC2. The van der Waals surface area contributed by atoms with E-state index in [0.717, 1.165) is 58.0 Å².